The molecule has 2 aromatic heterocycles. The average molecular weight is 482 g/mol. The van der Waals surface area contributed by atoms with E-state index in [1.165, 1.54) is 6.07 Å². The number of hydrogen-bond donors (Lipinski definition) is 1. The molecule has 5 rings (SSSR count). The summed E-state index contributed by atoms with van der Waals surface area (Å²) in [4.78, 5) is 14.8. The topological polar surface area (TPSA) is 84.6 Å². The molecule has 8 nitrogen and oxygen atoms in total. The molecule has 1 saturated heterocycles. The lowest BCUT2D eigenvalue weighted by Gasteiger charge is -2.32. The van der Waals surface area contributed by atoms with Gasteiger partial charge in [-0.15, -0.1) is 15.3 Å². The molecule has 1 amide bonds. The lowest BCUT2D eigenvalue weighted by atomic mass is 9.95. The first kappa shape index (κ1) is 22.6. The van der Waals surface area contributed by atoms with Gasteiger partial charge in [0.05, 0.1) is 5.69 Å². The van der Waals surface area contributed by atoms with Gasteiger partial charge in [0, 0.05) is 19.0 Å². The van der Waals surface area contributed by atoms with E-state index in [1.54, 1.807) is 18.2 Å². The number of fused-ring (bicyclic) bond motifs is 1. The molecule has 0 radical (unpaired) electrons. The van der Waals surface area contributed by atoms with Crippen LogP contribution in [0.3, 0.4) is 0 Å². The molecule has 35 heavy (non-hydrogen) atoms. The summed E-state index contributed by atoms with van der Waals surface area (Å²) < 4.78 is 46.1. The van der Waals surface area contributed by atoms with Gasteiger partial charge in [0.2, 0.25) is 5.91 Å². The maximum absolute atomic E-state index is 13.2. The molecule has 0 atom stereocenters. The number of hydrogen-bond acceptors (Lipinski definition) is 6. The number of benzene rings is 2. The molecule has 0 spiro atoms. The third-order valence-electron chi connectivity index (χ3n) is 5.81. The number of amides is 1. The number of nitrogens with one attached hydrogen (secondary N) is 1. The highest BCUT2D eigenvalue weighted by atomic mass is 19.4. The van der Waals surface area contributed by atoms with Crippen LogP contribution in [0.25, 0.3) is 5.65 Å². The molecule has 1 aliphatic heterocycles. The number of carbonyl (C=O) groups excluding carboxylic acids is 1. The number of ether oxygens (including phenoxy) is 1. The molecule has 1 aliphatic rings. The molecule has 4 aromatic rings. The molecule has 3 heterocycles. The molecule has 1 fully saturated rings. The minimum Gasteiger partial charge on any atom is -0.455 e. The van der Waals surface area contributed by atoms with Crippen LogP contribution < -0.4 is 15.0 Å². The number of piperidine rings is 1. The Morgan fingerprint density at radius 3 is 2.40 bits per heavy atom. The van der Waals surface area contributed by atoms with E-state index in [4.69, 9.17) is 4.74 Å². The van der Waals surface area contributed by atoms with Gasteiger partial charge in [-0.05, 0) is 49.2 Å². The number of rotatable bonds is 5. The van der Waals surface area contributed by atoms with Gasteiger partial charge >= 0.3 is 6.18 Å². The minimum absolute atomic E-state index is 0.0201. The van der Waals surface area contributed by atoms with Gasteiger partial charge in [-0.25, -0.2) is 0 Å². The predicted molar refractivity (Wildman–Crippen MR) is 122 cm³/mol. The van der Waals surface area contributed by atoms with Crippen molar-refractivity contribution in [2.75, 3.05) is 23.3 Å². The van der Waals surface area contributed by atoms with Crippen molar-refractivity contribution in [1.82, 2.24) is 19.8 Å². The van der Waals surface area contributed by atoms with Gasteiger partial charge in [-0.3, -0.25) is 4.79 Å². The smallest absolute Gasteiger partial charge is 0.453 e. The van der Waals surface area contributed by atoms with Crippen molar-refractivity contribution in [1.29, 1.82) is 0 Å². The van der Waals surface area contributed by atoms with Crippen LogP contribution in [0.1, 0.15) is 18.7 Å². The number of anilines is 2. The summed E-state index contributed by atoms with van der Waals surface area (Å²) in [6, 6.07) is 19.6. The van der Waals surface area contributed by atoms with E-state index < -0.39 is 12.0 Å². The third-order valence-corrected chi connectivity index (χ3v) is 5.81. The van der Waals surface area contributed by atoms with Gasteiger partial charge in [0.25, 0.3) is 5.82 Å². The van der Waals surface area contributed by atoms with Gasteiger partial charge in [0.1, 0.15) is 11.6 Å². The Kier molecular flexibility index (Phi) is 5.98. The van der Waals surface area contributed by atoms with E-state index in [0.717, 1.165) is 0 Å². The quantitative estimate of drug-likeness (QED) is 0.440. The summed E-state index contributed by atoms with van der Waals surface area (Å²) in [5.74, 6) is 0.0316. The van der Waals surface area contributed by atoms with Crippen molar-refractivity contribution in [2.45, 2.75) is 19.0 Å². The standard InChI is InChI=1S/C24H21F3N6O2/c25-24(26,27)23-30-29-20-10-11-21(31-33(20)23)32-14-12-16(13-15-32)22(34)28-18-8-4-5-9-19(18)35-17-6-2-1-3-7-17/h1-11,16H,12-15H2,(H,28,34). The summed E-state index contributed by atoms with van der Waals surface area (Å²) in [5, 5.41) is 13.8. The molecule has 0 aliphatic carbocycles. The molecule has 2 aromatic carbocycles. The van der Waals surface area contributed by atoms with Crippen molar-refractivity contribution in [3.63, 3.8) is 0 Å². The van der Waals surface area contributed by atoms with E-state index in [2.05, 4.69) is 20.6 Å². The Hall–Kier alpha value is -4.15. The Bertz CT molecular complexity index is 1330. The van der Waals surface area contributed by atoms with Gasteiger partial charge in [0.15, 0.2) is 11.4 Å². The summed E-state index contributed by atoms with van der Waals surface area (Å²) >= 11 is 0. The number of carbonyl (C=O) groups is 1. The van der Waals surface area contributed by atoms with Crippen LogP contribution in [0.5, 0.6) is 11.5 Å². The molecular formula is C24H21F3N6O2. The van der Waals surface area contributed by atoms with Crippen molar-refractivity contribution in [3.8, 4) is 11.5 Å². The van der Waals surface area contributed by atoms with Crippen LogP contribution >= 0.6 is 0 Å². The maximum Gasteiger partial charge on any atom is 0.453 e. The summed E-state index contributed by atoms with van der Waals surface area (Å²) in [7, 11) is 0. The monoisotopic (exact) mass is 482 g/mol. The molecule has 0 unspecified atom stereocenters. The Labute approximate surface area is 198 Å². The first-order valence-electron chi connectivity index (χ1n) is 11.1. The van der Waals surface area contributed by atoms with Crippen molar-refractivity contribution in [3.05, 3.63) is 72.6 Å². The van der Waals surface area contributed by atoms with Gasteiger partial charge < -0.3 is 15.0 Å². The summed E-state index contributed by atoms with van der Waals surface area (Å²) in [6.45, 7) is 0.949. The fourth-order valence-corrected chi connectivity index (χ4v) is 4.00. The molecule has 11 heteroatoms. The second kappa shape index (κ2) is 9.24. The lowest BCUT2D eigenvalue weighted by molar-refractivity contribution is -0.146. The Morgan fingerprint density at radius 1 is 0.943 bits per heavy atom. The first-order chi connectivity index (χ1) is 16.9. The van der Waals surface area contributed by atoms with Crippen LogP contribution in [0.2, 0.25) is 0 Å². The minimum atomic E-state index is -4.66. The van der Waals surface area contributed by atoms with E-state index in [0.29, 0.717) is 53.5 Å². The van der Waals surface area contributed by atoms with Crippen LogP contribution in [0.15, 0.2) is 66.7 Å². The number of halogens is 3. The number of para-hydroxylation sites is 3. The fraction of sp³-hybridized carbons (Fsp3) is 0.250. The fourth-order valence-electron chi connectivity index (χ4n) is 4.00. The largest absolute Gasteiger partial charge is 0.455 e. The zero-order chi connectivity index (χ0) is 24.4. The van der Waals surface area contributed by atoms with Crippen LogP contribution in [0.4, 0.5) is 24.7 Å². The maximum atomic E-state index is 13.2. The van der Waals surface area contributed by atoms with Gasteiger partial charge in [-0.2, -0.15) is 17.7 Å². The average Bonchev–Trinajstić information content (AvgIpc) is 3.30. The zero-order valence-electron chi connectivity index (χ0n) is 18.4. The highest BCUT2D eigenvalue weighted by molar-refractivity contribution is 5.94. The highest BCUT2D eigenvalue weighted by Gasteiger charge is 2.38. The predicted octanol–water partition coefficient (Wildman–Crippen LogP) is 4.79. The van der Waals surface area contributed by atoms with E-state index in [-0.39, 0.29) is 17.5 Å². The SMILES string of the molecule is O=C(Nc1ccccc1Oc1ccccc1)C1CCN(c2ccc3nnc(C(F)(F)F)n3n2)CC1. The molecule has 0 saturated carbocycles. The third kappa shape index (κ3) is 4.88. The highest BCUT2D eigenvalue weighted by Crippen LogP contribution is 2.31. The van der Waals surface area contributed by atoms with E-state index in [9.17, 15) is 18.0 Å². The van der Waals surface area contributed by atoms with Crippen molar-refractivity contribution < 1.29 is 22.7 Å². The Morgan fingerprint density at radius 2 is 1.66 bits per heavy atom. The summed E-state index contributed by atoms with van der Waals surface area (Å²) in [5.41, 5.74) is 0.593. The number of aromatic nitrogens is 4. The second-order valence-corrected chi connectivity index (χ2v) is 8.14. The number of alkyl halides is 3. The number of nitrogens with zero attached hydrogens (tertiary/aromatic N) is 5. The summed E-state index contributed by atoms with van der Waals surface area (Å²) in [6.07, 6.45) is -3.60. The van der Waals surface area contributed by atoms with Gasteiger partial charge in [-0.1, -0.05) is 30.3 Å². The van der Waals surface area contributed by atoms with Crippen molar-refractivity contribution in [2.24, 2.45) is 5.92 Å². The van der Waals surface area contributed by atoms with Crippen LogP contribution in [-0.4, -0.2) is 38.8 Å². The first-order valence-corrected chi connectivity index (χ1v) is 11.1. The Balaban J connectivity index is 1.24. The lowest BCUT2D eigenvalue weighted by Crippen LogP contribution is -2.38. The molecule has 180 valence electrons. The second-order valence-electron chi connectivity index (χ2n) is 8.14. The normalized spacial score (nSPS) is 14.8. The molecule has 1 N–H and O–H groups in total. The van der Waals surface area contributed by atoms with Crippen LogP contribution in [0, 0.1) is 5.92 Å². The van der Waals surface area contributed by atoms with Crippen LogP contribution in [-0.2, 0) is 11.0 Å². The molecular weight excluding hydrogens is 461 g/mol. The van der Waals surface area contributed by atoms with Crippen molar-refractivity contribution >= 4 is 23.1 Å². The van der Waals surface area contributed by atoms with E-state index in [1.807, 2.05) is 47.4 Å². The molecule has 0 bridgehead atoms. The zero-order valence-corrected chi connectivity index (χ0v) is 18.4. The van der Waals surface area contributed by atoms with E-state index >= 15 is 0 Å².